The molecule has 0 aromatic heterocycles. The number of hydroxylamine groups is 1. The second-order valence-corrected chi connectivity index (χ2v) is 3.38. The van der Waals surface area contributed by atoms with Gasteiger partial charge >= 0.3 is 6.18 Å². The second kappa shape index (κ2) is 4.80. The lowest BCUT2D eigenvalue weighted by Crippen LogP contribution is -2.36. The Balaban J connectivity index is 2.19. The first-order valence-corrected chi connectivity index (χ1v) is 4.52. The van der Waals surface area contributed by atoms with Gasteiger partial charge in [-0.1, -0.05) is 0 Å². The van der Waals surface area contributed by atoms with E-state index < -0.39 is 24.8 Å². The van der Waals surface area contributed by atoms with Gasteiger partial charge in [0.2, 0.25) is 0 Å². The topological polar surface area (TPSA) is 47.6 Å². The minimum atomic E-state index is -4.45. The first-order chi connectivity index (χ1) is 6.88. The lowest BCUT2D eigenvalue weighted by molar-refractivity contribution is -0.194. The molecule has 1 amide bonds. The summed E-state index contributed by atoms with van der Waals surface area (Å²) in [5, 5.41) is 0. The molecule has 2 atom stereocenters. The van der Waals surface area contributed by atoms with Crippen molar-refractivity contribution >= 4 is 5.91 Å². The summed E-state index contributed by atoms with van der Waals surface area (Å²) in [6, 6.07) is 0. The molecular formula is C8H12F3NO3. The highest BCUT2D eigenvalue weighted by atomic mass is 19.4. The van der Waals surface area contributed by atoms with Crippen LogP contribution < -0.4 is 5.48 Å². The first-order valence-electron chi connectivity index (χ1n) is 4.52. The average Bonchev–Trinajstić information content (AvgIpc) is 2.49. The average molecular weight is 227 g/mol. The molecule has 1 saturated heterocycles. The third kappa shape index (κ3) is 4.48. The molecular weight excluding hydrogens is 215 g/mol. The predicted molar refractivity (Wildman–Crippen MR) is 43.7 cm³/mol. The monoisotopic (exact) mass is 227 g/mol. The minimum absolute atomic E-state index is 0.0385. The summed E-state index contributed by atoms with van der Waals surface area (Å²) in [4.78, 5) is 15.2. The number of halogens is 3. The van der Waals surface area contributed by atoms with Gasteiger partial charge in [-0.05, 0) is 19.8 Å². The van der Waals surface area contributed by atoms with E-state index in [-0.39, 0.29) is 6.10 Å². The van der Waals surface area contributed by atoms with E-state index in [0.717, 1.165) is 6.42 Å². The van der Waals surface area contributed by atoms with Crippen molar-refractivity contribution in [2.24, 2.45) is 0 Å². The number of rotatable bonds is 3. The molecule has 7 heteroatoms. The Labute approximate surface area is 84.7 Å². The molecule has 0 radical (unpaired) electrons. The van der Waals surface area contributed by atoms with E-state index in [1.54, 1.807) is 12.4 Å². The number of carbonyl (C=O) groups is 1. The van der Waals surface area contributed by atoms with Crippen LogP contribution in [0.15, 0.2) is 0 Å². The Morgan fingerprint density at radius 2 is 2.20 bits per heavy atom. The van der Waals surface area contributed by atoms with Gasteiger partial charge in [0.05, 0.1) is 6.10 Å². The highest BCUT2D eigenvalue weighted by Gasteiger charge is 2.31. The Hall–Kier alpha value is -0.820. The summed E-state index contributed by atoms with van der Waals surface area (Å²) in [6.07, 6.45) is -3.96. The fourth-order valence-corrected chi connectivity index (χ4v) is 1.25. The van der Waals surface area contributed by atoms with Gasteiger partial charge in [-0.15, -0.1) is 0 Å². The van der Waals surface area contributed by atoms with Crippen LogP contribution in [0.1, 0.15) is 19.8 Å². The van der Waals surface area contributed by atoms with Crippen molar-refractivity contribution in [3.8, 4) is 0 Å². The normalized spacial score (nSPS) is 26.7. The molecule has 1 aliphatic heterocycles. The maximum atomic E-state index is 11.6. The van der Waals surface area contributed by atoms with Crippen LogP contribution in [0, 0.1) is 0 Å². The summed E-state index contributed by atoms with van der Waals surface area (Å²) >= 11 is 0. The lowest BCUT2D eigenvalue weighted by Gasteiger charge is -2.12. The van der Waals surface area contributed by atoms with Crippen LogP contribution in [-0.4, -0.2) is 30.9 Å². The molecule has 0 bridgehead atoms. The van der Waals surface area contributed by atoms with Gasteiger partial charge in [-0.3, -0.25) is 9.63 Å². The van der Waals surface area contributed by atoms with Crippen LogP contribution in [0.25, 0.3) is 0 Å². The molecule has 0 aliphatic carbocycles. The third-order valence-electron chi connectivity index (χ3n) is 1.93. The molecule has 0 aromatic carbocycles. The SMILES string of the molecule is CC1CCC(C(=O)NOCC(F)(F)F)O1. The molecule has 1 rings (SSSR count). The van der Waals surface area contributed by atoms with Crippen molar-refractivity contribution in [3.05, 3.63) is 0 Å². The van der Waals surface area contributed by atoms with E-state index in [4.69, 9.17) is 4.74 Å². The largest absolute Gasteiger partial charge is 0.414 e. The zero-order valence-corrected chi connectivity index (χ0v) is 8.13. The van der Waals surface area contributed by atoms with E-state index in [9.17, 15) is 18.0 Å². The van der Waals surface area contributed by atoms with Gasteiger partial charge in [0.1, 0.15) is 6.10 Å². The summed E-state index contributed by atoms with van der Waals surface area (Å²) < 4.78 is 40.0. The maximum Gasteiger partial charge on any atom is 0.414 e. The predicted octanol–water partition coefficient (Wildman–Crippen LogP) is 1.16. The molecule has 1 heterocycles. The minimum Gasteiger partial charge on any atom is -0.365 e. The number of hydrogen-bond acceptors (Lipinski definition) is 3. The van der Waals surface area contributed by atoms with Gasteiger partial charge in [0.25, 0.3) is 5.91 Å². The van der Waals surface area contributed by atoms with E-state index in [1.165, 1.54) is 0 Å². The van der Waals surface area contributed by atoms with Gasteiger partial charge in [-0.25, -0.2) is 5.48 Å². The number of alkyl halides is 3. The van der Waals surface area contributed by atoms with Crippen LogP contribution in [0.2, 0.25) is 0 Å². The number of ether oxygens (including phenoxy) is 1. The Kier molecular flexibility index (Phi) is 3.92. The molecule has 0 spiro atoms. The van der Waals surface area contributed by atoms with Gasteiger partial charge in [0.15, 0.2) is 6.61 Å². The lowest BCUT2D eigenvalue weighted by atomic mass is 10.2. The third-order valence-corrected chi connectivity index (χ3v) is 1.93. The molecule has 1 aliphatic rings. The summed E-state index contributed by atoms with van der Waals surface area (Å²) in [5.41, 5.74) is 1.72. The van der Waals surface area contributed by atoms with E-state index in [1.807, 2.05) is 0 Å². The van der Waals surface area contributed by atoms with Crippen molar-refractivity contribution in [2.45, 2.75) is 38.1 Å². The van der Waals surface area contributed by atoms with Crippen LogP contribution in [0.4, 0.5) is 13.2 Å². The summed E-state index contributed by atoms with van der Waals surface area (Å²) in [6.45, 7) is 0.296. The van der Waals surface area contributed by atoms with Crippen molar-refractivity contribution in [3.63, 3.8) is 0 Å². The van der Waals surface area contributed by atoms with E-state index in [0.29, 0.717) is 6.42 Å². The Morgan fingerprint density at radius 1 is 1.53 bits per heavy atom. The van der Waals surface area contributed by atoms with Crippen LogP contribution in [0.3, 0.4) is 0 Å². The van der Waals surface area contributed by atoms with Crippen molar-refractivity contribution in [1.29, 1.82) is 0 Å². The number of hydrogen-bond donors (Lipinski definition) is 1. The fourth-order valence-electron chi connectivity index (χ4n) is 1.25. The van der Waals surface area contributed by atoms with Gasteiger partial charge in [0, 0.05) is 0 Å². The quantitative estimate of drug-likeness (QED) is 0.736. The maximum absolute atomic E-state index is 11.6. The molecule has 0 saturated carbocycles. The van der Waals surface area contributed by atoms with Crippen molar-refractivity contribution in [2.75, 3.05) is 6.61 Å². The van der Waals surface area contributed by atoms with Crippen LogP contribution in [0.5, 0.6) is 0 Å². The molecule has 4 nitrogen and oxygen atoms in total. The second-order valence-electron chi connectivity index (χ2n) is 3.38. The standard InChI is InChI=1S/C8H12F3NO3/c1-5-2-3-6(15-5)7(13)12-14-4-8(9,10)11/h5-6H,2-4H2,1H3,(H,12,13). The highest BCUT2D eigenvalue weighted by Crippen LogP contribution is 2.19. The summed E-state index contributed by atoms with van der Waals surface area (Å²) in [7, 11) is 0. The van der Waals surface area contributed by atoms with E-state index >= 15 is 0 Å². The smallest absolute Gasteiger partial charge is 0.365 e. The number of amides is 1. The molecule has 88 valence electrons. The molecule has 2 unspecified atom stereocenters. The Morgan fingerprint density at radius 3 is 2.67 bits per heavy atom. The highest BCUT2D eigenvalue weighted by molar-refractivity contribution is 5.79. The van der Waals surface area contributed by atoms with Crippen LogP contribution >= 0.6 is 0 Å². The molecule has 1 fully saturated rings. The molecule has 0 aromatic rings. The van der Waals surface area contributed by atoms with E-state index in [2.05, 4.69) is 4.84 Å². The van der Waals surface area contributed by atoms with Gasteiger partial charge < -0.3 is 4.74 Å². The number of carbonyl (C=O) groups excluding carboxylic acids is 1. The molecule has 15 heavy (non-hydrogen) atoms. The number of nitrogens with one attached hydrogen (secondary N) is 1. The zero-order chi connectivity index (χ0) is 11.5. The summed E-state index contributed by atoms with van der Waals surface area (Å²) in [5.74, 6) is -0.663. The molecule has 1 N–H and O–H groups in total. The van der Waals surface area contributed by atoms with Gasteiger partial charge in [-0.2, -0.15) is 13.2 Å². The first kappa shape index (κ1) is 12.3. The van der Waals surface area contributed by atoms with Crippen LogP contribution in [-0.2, 0) is 14.4 Å². The van der Waals surface area contributed by atoms with Crippen molar-refractivity contribution < 1.29 is 27.5 Å². The zero-order valence-electron chi connectivity index (χ0n) is 8.13. The van der Waals surface area contributed by atoms with Crippen molar-refractivity contribution in [1.82, 2.24) is 5.48 Å². The Bertz CT molecular complexity index is 232. The fraction of sp³-hybridized carbons (Fsp3) is 0.875.